The van der Waals surface area contributed by atoms with Crippen LogP contribution < -0.4 is 4.74 Å². The predicted molar refractivity (Wildman–Crippen MR) is 127 cm³/mol. The average molecular weight is 426 g/mol. The molecule has 0 aliphatic heterocycles. The van der Waals surface area contributed by atoms with Crippen molar-refractivity contribution in [1.82, 2.24) is 4.57 Å². The van der Waals surface area contributed by atoms with Gasteiger partial charge in [-0.1, -0.05) is 48.5 Å². The molecule has 1 heterocycles. The van der Waals surface area contributed by atoms with Gasteiger partial charge in [0.15, 0.2) is 6.61 Å². The minimum Gasteiger partial charge on any atom is -0.482 e. The van der Waals surface area contributed by atoms with Gasteiger partial charge in [-0.15, -0.1) is 0 Å². The standard InChI is InChI=1S/C28H27NO3/c1-31-28(30)19-32-23-14-11-21(12-15-23)22-13-16-27-25(17-22)24-9-5-6-10-26(24)29(27)18-20-7-3-2-4-8-20/h2-4,7-8,11-17H,5-6,9-10,18-19H2,1H3. The molecule has 5 rings (SSSR count). The van der Waals surface area contributed by atoms with E-state index < -0.39 is 0 Å². The molecule has 0 atom stereocenters. The van der Waals surface area contributed by atoms with Gasteiger partial charge in [-0.2, -0.15) is 0 Å². The first kappa shape index (κ1) is 20.4. The van der Waals surface area contributed by atoms with Crippen LogP contribution in [0, 0.1) is 0 Å². The van der Waals surface area contributed by atoms with E-state index in [-0.39, 0.29) is 12.6 Å². The number of benzene rings is 3. The highest BCUT2D eigenvalue weighted by atomic mass is 16.6. The number of carbonyl (C=O) groups excluding carboxylic acids is 1. The predicted octanol–water partition coefficient (Wildman–Crippen LogP) is 5.79. The van der Waals surface area contributed by atoms with Crippen molar-refractivity contribution in [2.75, 3.05) is 13.7 Å². The fourth-order valence-corrected chi connectivity index (χ4v) is 4.71. The van der Waals surface area contributed by atoms with E-state index in [0.29, 0.717) is 5.75 Å². The van der Waals surface area contributed by atoms with E-state index in [1.807, 2.05) is 24.3 Å². The Morgan fingerprint density at radius 2 is 1.66 bits per heavy atom. The van der Waals surface area contributed by atoms with E-state index in [2.05, 4.69) is 57.8 Å². The molecule has 4 aromatic rings. The van der Waals surface area contributed by atoms with Crippen molar-refractivity contribution in [3.8, 4) is 16.9 Å². The first-order chi connectivity index (χ1) is 15.7. The Bertz CT molecular complexity index is 1240. The highest BCUT2D eigenvalue weighted by molar-refractivity contribution is 5.90. The molecular weight excluding hydrogens is 398 g/mol. The van der Waals surface area contributed by atoms with Crippen LogP contribution in [0.3, 0.4) is 0 Å². The van der Waals surface area contributed by atoms with Crippen LogP contribution in [0.5, 0.6) is 5.75 Å². The monoisotopic (exact) mass is 425 g/mol. The number of esters is 1. The lowest BCUT2D eigenvalue weighted by Crippen LogP contribution is -2.12. The second-order valence-corrected chi connectivity index (χ2v) is 8.33. The maximum absolute atomic E-state index is 11.3. The summed E-state index contributed by atoms with van der Waals surface area (Å²) in [6, 6.07) is 25.4. The number of methoxy groups -OCH3 is 1. The molecule has 0 N–H and O–H groups in total. The van der Waals surface area contributed by atoms with Gasteiger partial charge < -0.3 is 14.0 Å². The second-order valence-electron chi connectivity index (χ2n) is 8.33. The van der Waals surface area contributed by atoms with Gasteiger partial charge in [-0.05, 0) is 72.2 Å². The zero-order chi connectivity index (χ0) is 21.9. The average Bonchev–Trinajstić information content (AvgIpc) is 3.16. The maximum atomic E-state index is 11.3. The molecule has 32 heavy (non-hydrogen) atoms. The molecule has 4 nitrogen and oxygen atoms in total. The van der Waals surface area contributed by atoms with Crippen molar-refractivity contribution in [3.63, 3.8) is 0 Å². The first-order valence-electron chi connectivity index (χ1n) is 11.2. The number of aromatic nitrogens is 1. The quantitative estimate of drug-likeness (QED) is 0.367. The summed E-state index contributed by atoms with van der Waals surface area (Å²) in [4.78, 5) is 11.3. The van der Waals surface area contributed by atoms with E-state index in [4.69, 9.17) is 4.74 Å². The Balaban J connectivity index is 1.48. The summed E-state index contributed by atoms with van der Waals surface area (Å²) in [5, 5.41) is 1.37. The van der Waals surface area contributed by atoms with Crippen LogP contribution in [0.1, 0.15) is 29.7 Å². The summed E-state index contributed by atoms with van der Waals surface area (Å²) >= 11 is 0. The molecule has 0 fully saturated rings. The maximum Gasteiger partial charge on any atom is 0.343 e. The molecule has 0 unspecified atom stereocenters. The van der Waals surface area contributed by atoms with E-state index in [0.717, 1.165) is 24.9 Å². The van der Waals surface area contributed by atoms with Gasteiger partial charge in [0.05, 0.1) is 7.11 Å². The molecule has 162 valence electrons. The third-order valence-electron chi connectivity index (χ3n) is 6.33. The molecule has 0 bridgehead atoms. The molecule has 1 aliphatic carbocycles. The van der Waals surface area contributed by atoms with E-state index in [1.165, 1.54) is 53.2 Å². The summed E-state index contributed by atoms with van der Waals surface area (Å²) in [6.07, 6.45) is 4.82. The number of aryl methyl sites for hydroxylation is 1. The highest BCUT2D eigenvalue weighted by Crippen LogP contribution is 2.35. The Kier molecular flexibility index (Phi) is 5.68. The first-order valence-corrected chi connectivity index (χ1v) is 11.2. The Labute approximate surface area is 188 Å². The summed E-state index contributed by atoms with van der Waals surface area (Å²) < 4.78 is 12.6. The van der Waals surface area contributed by atoms with Crippen molar-refractivity contribution in [2.45, 2.75) is 32.2 Å². The van der Waals surface area contributed by atoms with Crippen molar-refractivity contribution < 1.29 is 14.3 Å². The summed E-state index contributed by atoms with van der Waals surface area (Å²) in [5.41, 5.74) is 8.01. The van der Waals surface area contributed by atoms with Crippen molar-refractivity contribution in [1.29, 1.82) is 0 Å². The molecule has 0 radical (unpaired) electrons. The molecule has 0 spiro atoms. The minimum absolute atomic E-state index is 0.0805. The molecule has 1 aliphatic rings. The number of ether oxygens (including phenoxy) is 2. The fourth-order valence-electron chi connectivity index (χ4n) is 4.71. The molecule has 0 amide bonds. The van der Waals surface area contributed by atoms with Gasteiger partial charge in [-0.3, -0.25) is 0 Å². The summed E-state index contributed by atoms with van der Waals surface area (Å²) in [6.45, 7) is 0.834. The molecular formula is C28H27NO3. The summed E-state index contributed by atoms with van der Waals surface area (Å²) in [5.74, 6) is 0.274. The van der Waals surface area contributed by atoms with Gasteiger partial charge >= 0.3 is 5.97 Å². The topological polar surface area (TPSA) is 40.5 Å². The zero-order valence-corrected chi connectivity index (χ0v) is 18.3. The van der Waals surface area contributed by atoms with Crippen LogP contribution in [0.2, 0.25) is 0 Å². The zero-order valence-electron chi connectivity index (χ0n) is 18.3. The third-order valence-corrected chi connectivity index (χ3v) is 6.33. The van der Waals surface area contributed by atoms with Crippen LogP contribution >= 0.6 is 0 Å². The number of fused-ring (bicyclic) bond motifs is 3. The van der Waals surface area contributed by atoms with E-state index in [1.54, 1.807) is 0 Å². The fraction of sp³-hybridized carbons (Fsp3) is 0.250. The van der Waals surface area contributed by atoms with Crippen molar-refractivity contribution in [3.05, 3.63) is 89.6 Å². The van der Waals surface area contributed by atoms with Crippen LogP contribution in [0.4, 0.5) is 0 Å². The smallest absolute Gasteiger partial charge is 0.343 e. The lowest BCUT2D eigenvalue weighted by molar-refractivity contribution is -0.142. The van der Waals surface area contributed by atoms with Crippen LogP contribution in [0.15, 0.2) is 72.8 Å². The molecule has 0 saturated heterocycles. The molecule has 3 aromatic carbocycles. The van der Waals surface area contributed by atoms with Crippen LogP contribution in [-0.2, 0) is 28.9 Å². The SMILES string of the molecule is COC(=O)COc1ccc(-c2ccc3c(c2)c2c(n3Cc3ccccc3)CCCC2)cc1. The lowest BCUT2D eigenvalue weighted by Gasteiger charge is -2.16. The lowest BCUT2D eigenvalue weighted by atomic mass is 9.94. The largest absolute Gasteiger partial charge is 0.482 e. The summed E-state index contributed by atoms with van der Waals surface area (Å²) in [7, 11) is 1.36. The third kappa shape index (κ3) is 4.01. The van der Waals surface area contributed by atoms with Crippen LogP contribution in [0.25, 0.3) is 22.0 Å². The number of hydrogen-bond donors (Lipinski definition) is 0. The number of rotatable bonds is 6. The Morgan fingerprint density at radius 1 is 0.906 bits per heavy atom. The Hall–Kier alpha value is -3.53. The highest BCUT2D eigenvalue weighted by Gasteiger charge is 2.20. The van der Waals surface area contributed by atoms with Gasteiger partial charge in [0.2, 0.25) is 0 Å². The molecule has 0 saturated carbocycles. The number of hydrogen-bond acceptors (Lipinski definition) is 3. The minimum atomic E-state index is -0.385. The Morgan fingerprint density at radius 3 is 2.44 bits per heavy atom. The second kappa shape index (κ2) is 8.91. The van der Waals surface area contributed by atoms with Gasteiger partial charge in [0, 0.05) is 23.1 Å². The van der Waals surface area contributed by atoms with Gasteiger partial charge in [0.1, 0.15) is 5.75 Å². The van der Waals surface area contributed by atoms with E-state index >= 15 is 0 Å². The molecule has 1 aromatic heterocycles. The van der Waals surface area contributed by atoms with Crippen molar-refractivity contribution >= 4 is 16.9 Å². The number of nitrogens with zero attached hydrogens (tertiary/aromatic N) is 1. The van der Waals surface area contributed by atoms with Crippen LogP contribution in [-0.4, -0.2) is 24.3 Å². The van der Waals surface area contributed by atoms with E-state index in [9.17, 15) is 4.79 Å². The van der Waals surface area contributed by atoms with Crippen molar-refractivity contribution in [2.24, 2.45) is 0 Å². The van der Waals surface area contributed by atoms with Gasteiger partial charge in [-0.25, -0.2) is 4.79 Å². The molecule has 4 heteroatoms. The van der Waals surface area contributed by atoms with Gasteiger partial charge in [0.25, 0.3) is 0 Å². The number of carbonyl (C=O) groups is 1. The normalized spacial score (nSPS) is 13.0.